The second-order valence-electron chi connectivity index (χ2n) is 7.99. The van der Waals surface area contributed by atoms with Crippen molar-refractivity contribution >= 4 is 28.3 Å². The summed E-state index contributed by atoms with van der Waals surface area (Å²) in [7, 11) is 0. The Morgan fingerprint density at radius 2 is 1.79 bits per heavy atom. The number of carbonyl (C=O) groups excluding carboxylic acids is 2. The zero-order valence-corrected chi connectivity index (χ0v) is 16.6. The third-order valence-electron chi connectivity index (χ3n) is 6.03. The Kier molecular flexibility index (Phi) is 4.71. The van der Waals surface area contributed by atoms with Gasteiger partial charge in [-0.25, -0.2) is 4.79 Å². The van der Waals surface area contributed by atoms with Gasteiger partial charge in [-0.15, -0.1) is 0 Å². The fourth-order valence-electron chi connectivity index (χ4n) is 4.40. The van der Waals surface area contributed by atoms with Crippen LogP contribution in [0.2, 0.25) is 0 Å². The summed E-state index contributed by atoms with van der Waals surface area (Å²) < 4.78 is 5.79. The summed E-state index contributed by atoms with van der Waals surface area (Å²) in [5, 5.41) is 5.08. The van der Waals surface area contributed by atoms with Crippen LogP contribution in [0.5, 0.6) is 0 Å². The van der Waals surface area contributed by atoms with Gasteiger partial charge in [0.25, 0.3) is 5.91 Å². The molecule has 4 rings (SSSR count). The van der Waals surface area contributed by atoms with E-state index in [4.69, 9.17) is 4.74 Å². The number of nitrogens with one attached hydrogen (secondary N) is 1. The minimum atomic E-state index is -0.804. The van der Waals surface area contributed by atoms with Crippen LogP contribution in [0.25, 0.3) is 10.8 Å². The maximum absolute atomic E-state index is 13.3. The lowest BCUT2D eigenvalue weighted by molar-refractivity contribution is -0.151. The molecule has 28 heavy (non-hydrogen) atoms. The average Bonchev–Trinajstić information content (AvgIpc) is 2.92. The van der Waals surface area contributed by atoms with E-state index in [-0.39, 0.29) is 11.9 Å². The highest BCUT2D eigenvalue weighted by Crippen LogP contribution is 2.42. The standard InChI is InChI=1S/C23H26N2O3/c1-15(2)25-13-11-23(12-14-25)20(16(3)22(27)28-23)21(26)24-19-10-6-8-17-7-4-5-9-18(17)19/h4-10,15H,11-14H2,1-3H3,(H,24,26). The molecule has 1 spiro atoms. The van der Waals surface area contributed by atoms with Crippen LogP contribution >= 0.6 is 0 Å². The summed E-state index contributed by atoms with van der Waals surface area (Å²) in [5.41, 5.74) is 0.864. The van der Waals surface area contributed by atoms with Gasteiger partial charge in [0.1, 0.15) is 5.60 Å². The zero-order chi connectivity index (χ0) is 19.9. The van der Waals surface area contributed by atoms with Gasteiger partial charge in [0, 0.05) is 48.6 Å². The van der Waals surface area contributed by atoms with E-state index >= 15 is 0 Å². The molecular weight excluding hydrogens is 352 g/mol. The molecule has 0 bridgehead atoms. The Morgan fingerprint density at radius 3 is 2.50 bits per heavy atom. The van der Waals surface area contributed by atoms with Crippen molar-refractivity contribution < 1.29 is 14.3 Å². The monoisotopic (exact) mass is 378 g/mol. The largest absolute Gasteiger partial charge is 0.450 e. The summed E-state index contributed by atoms with van der Waals surface area (Å²) >= 11 is 0. The molecule has 5 nitrogen and oxygen atoms in total. The minimum Gasteiger partial charge on any atom is -0.450 e. The Labute approximate surface area is 165 Å². The highest BCUT2D eigenvalue weighted by atomic mass is 16.6. The third-order valence-corrected chi connectivity index (χ3v) is 6.03. The number of esters is 1. The van der Waals surface area contributed by atoms with E-state index in [9.17, 15) is 9.59 Å². The van der Waals surface area contributed by atoms with E-state index in [2.05, 4.69) is 24.1 Å². The fraction of sp³-hybridized carbons (Fsp3) is 0.391. The molecule has 1 amide bonds. The minimum absolute atomic E-state index is 0.238. The number of hydrogen-bond acceptors (Lipinski definition) is 4. The molecule has 146 valence electrons. The molecule has 2 aliphatic heterocycles. The Morgan fingerprint density at radius 1 is 1.11 bits per heavy atom. The maximum atomic E-state index is 13.3. The lowest BCUT2D eigenvalue weighted by Crippen LogP contribution is -2.49. The van der Waals surface area contributed by atoms with Crippen LogP contribution < -0.4 is 5.32 Å². The summed E-state index contributed by atoms with van der Waals surface area (Å²) in [6.45, 7) is 7.64. The SMILES string of the molecule is CC1=C(C(=O)Nc2cccc3ccccc23)C2(CCN(C(C)C)CC2)OC1=O. The molecule has 1 fully saturated rings. The normalized spacial score (nSPS) is 19.5. The van der Waals surface area contributed by atoms with Gasteiger partial charge in [-0.1, -0.05) is 36.4 Å². The second kappa shape index (κ2) is 7.06. The molecule has 0 aromatic heterocycles. The first-order chi connectivity index (χ1) is 13.4. The van der Waals surface area contributed by atoms with Gasteiger partial charge in [-0.05, 0) is 32.2 Å². The number of piperidine rings is 1. The number of carbonyl (C=O) groups is 2. The Bertz CT molecular complexity index is 963. The maximum Gasteiger partial charge on any atom is 0.335 e. The number of rotatable bonds is 3. The van der Waals surface area contributed by atoms with Gasteiger partial charge >= 0.3 is 5.97 Å². The smallest absolute Gasteiger partial charge is 0.335 e. The number of hydrogen-bond donors (Lipinski definition) is 1. The topological polar surface area (TPSA) is 58.6 Å². The van der Waals surface area contributed by atoms with Crippen molar-refractivity contribution in [3.8, 4) is 0 Å². The van der Waals surface area contributed by atoms with E-state index in [1.54, 1.807) is 6.92 Å². The number of anilines is 1. The molecule has 1 saturated heterocycles. The molecule has 5 heteroatoms. The van der Waals surface area contributed by atoms with E-state index in [0.29, 0.717) is 30.0 Å². The van der Waals surface area contributed by atoms with Crippen molar-refractivity contribution in [2.24, 2.45) is 0 Å². The van der Waals surface area contributed by atoms with Crippen molar-refractivity contribution in [1.82, 2.24) is 4.90 Å². The number of ether oxygens (including phenoxy) is 1. The predicted molar refractivity (Wildman–Crippen MR) is 110 cm³/mol. The summed E-state index contributed by atoms with van der Waals surface area (Å²) in [6.07, 6.45) is 1.29. The molecule has 0 radical (unpaired) electrons. The van der Waals surface area contributed by atoms with E-state index < -0.39 is 5.60 Å². The van der Waals surface area contributed by atoms with Gasteiger partial charge in [-0.2, -0.15) is 0 Å². The van der Waals surface area contributed by atoms with Gasteiger partial charge in [0.15, 0.2) is 0 Å². The van der Waals surface area contributed by atoms with Crippen LogP contribution in [-0.2, 0) is 14.3 Å². The van der Waals surface area contributed by atoms with Crippen molar-refractivity contribution in [2.45, 2.75) is 45.3 Å². The van der Waals surface area contributed by atoms with Crippen LogP contribution in [0.3, 0.4) is 0 Å². The molecule has 0 unspecified atom stereocenters. The number of benzene rings is 2. The van der Waals surface area contributed by atoms with Crippen LogP contribution in [0, 0.1) is 0 Å². The summed E-state index contributed by atoms with van der Waals surface area (Å²) in [4.78, 5) is 28.0. The van der Waals surface area contributed by atoms with E-state index in [0.717, 1.165) is 29.5 Å². The molecule has 2 heterocycles. The molecule has 2 aromatic carbocycles. The highest BCUT2D eigenvalue weighted by Gasteiger charge is 2.50. The van der Waals surface area contributed by atoms with Gasteiger partial charge in [-0.3, -0.25) is 4.79 Å². The number of likely N-dealkylation sites (tertiary alicyclic amines) is 1. The van der Waals surface area contributed by atoms with Crippen molar-refractivity contribution in [1.29, 1.82) is 0 Å². The molecule has 0 aliphatic carbocycles. The first-order valence-corrected chi connectivity index (χ1v) is 9.89. The quantitative estimate of drug-likeness (QED) is 0.823. The third kappa shape index (κ3) is 3.10. The van der Waals surface area contributed by atoms with Crippen LogP contribution in [-0.4, -0.2) is 41.5 Å². The van der Waals surface area contributed by atoms with Gasteiger partial charge in [0.05, 0.1) is 5.57 Å². The van der Waals surface area contributed by atoms with Crippen molar-refractivity contribution in [3.63, 3.8) is 0 Å². The first kappa shape index (κ1) is 18.7. The predicted octanol–water partition coefficient (Wildman–Crippen LogP) is 3.89. The van der Waals surface area contributed by atoms with Gasteiger partial charge < -0.3 is 15.0 Å². The molecule has 2 aliphatic rings. The first-order valence-electron chi connectivity index (χ1n) is 9.89. The summed E-state index contributed by atoms with van der Waals surface area (Å²) in [5.74, 6) is -0.612. The van der Waals surface area contributed by atoms with Crippen molar-refractivity contribution in [2.75, 3.05) is 18.4 Å². The number of amides is 1. The van der Waals surface area contributed by atoms with Crippen molar-refractivity contribution in [3.05, 3.63) is 53.6 Å². The van der Waals surface area contributed by atoms with Crippen LogP contribution in [0.15, 0.2) is 53.6 Å². The molecule has 1 N–H and O–H groups in total. The lowest BCUT2D eigenvalue weighted by Gasteiger charge is -2.40. The molecule has 0 saturated carbocycles. The average molecular weight is 378 g/mol. The summed E-state index contributed by atoms with van der Waals surface area (Å²) in [6, 6.07) is 14.2. The van der Waals surface area contributed by atoms with Gasteiger partial charge in [0.2, 0.25) is 0 Å². The number of nitrogens with zero attached hydrogens (tertiary/aromatic N) is 1. The lowest BCUT2D eigenvalue weighted by atomic mass is 9.82. The Balaban J connectivity index is 1.64. The number of fused-ring (bicyclic) bond motifs is 1. The molecule has 2 aromatic rings. The Hall–Kier alpha value is -2.66. The fourth-order valence-corrected chi connectivity index (χ4v) is 4.40. The molecule has 0 atom stereocenters. The second-order valence-corrected chi connectivity index (χ2v) is 7.99. The van der Waals surface area contributed by atoms with Crippen LogP contribution in [0.4, 0.5) is 5.69 Å². The van der Waals surface area contributed by atoms with E-state index in [1.807, 2.05) is 42.5 Å². The zero-order valence-electron chi connectivity index (χ0n) is 16.6. The van der Waals surface area contributed by atoms with E-state index in [1.165, 1.54) is 0 Å². The molecular formula is C23H26N2O3. The highest BCUT2D eigenvalue weighted by molar-refractivity contribution is 6.14. The van der Waals surface area contributed by atoms with Crippen LogP contribution in [0.1, 0.15) is 33.6 Å².